The number of pyridine rings is 1. The van der Waals surface area contributed by atoms with Gasteiger partial charge in [-0.2, -0.15) is 0 Å². The van der Waals surface area contributed by atoms with Crippen LogP contribution in [0.3, 0.4) is 0 Å². The van der Waals surface area contributed by atoms with E-state index in [9.17, 15) is 0 Å². The number of rotatable bonds is 4. The van der Waals surface area contributed by atoms with Gasteiger partial charge in [0.2, 0.25) is 0 Å². The van der Waals surface area contributed by atoms with Crippen LogP contribution in [0.5, 0.6) is 0 Å². The predicted molar refractivity (Wildman–Crippen MR) is 136 cm³/mol. The second-order valence-corrected chi connectivity index (χ2v) is 9.31. The molecular weight excluding hydrogens is 474 g/mol. The molecule has 2 heterocycles. The van der Waals surface area contributed by atoms with Crippen molar-refractivity contribution in [2.24, 2.45) is 4.99 Å². The van der Waals surface area contributed by atoms with Crippen LogP contribution in [-0.4, -0.2) is 20.6 Å². The summed E-state index contributed by atoms with van der Waals surface area (Å²) in [5.74, 6) is 0. The Bertz CT molecular complexity index is 1520. The molecule has 1 N–H and O–H groups in total. The van der Waals surface area contributed by atoms with Crippen LogP contribution in [0.25, 0.3) is 28.1 Å². The van der Waals surface area contributed by atoms with E-state index in [-0.39, 0.29) is 0 Å². The minimum Gasteiger partial charge on any atom is -0.352 e. The minimum atomic E-state index is 0.396. The van der Waals surface area contributed by atoms with E-state index in [4.69, 9.17) is 9.98 Å². The Kier molecular flexibility index (Phi) is 4.95. The van der Waals surface area contributed by atoms with Gasteiger partial charge in [-0.25, -0.2) is 4.98 Å². The molecule has 3 aromatic rings. The van der Waals surface area contributed by atoms with E-state index in [2.05, 4.69) is 85.4 Å². The zero-order chi connectivity index (χ0) is 22.4. The first kappa shape index (κ1) is 20.1. The van der Waals surface area contributed by atoms with Gasteiger partial charge in [-0.15, -0.1) is 0 Å². The van der Waals surface area contributed by atoms with Crippen LogP contribution in [0.1, 0.15) is 18.5 Å². The Morgan fingerprint density at radius 2 is 1.79 bits per heavy atom. The van der Waals surface area contributed by atoms with Crippen LogP contribution in [0.4, 0.5) is 11.4 Å². The van der Waals surface area contributed by atoms with Gasteiger partial charge < -0.3 is 9.88 Å². The molecule has 3 aliphatic rings. The fourth-order valence-corrected chi connectivity index (χ4v) is 4.34. The maximum atomic E-state index is 5.04. The lowest BCUT2D eigenvalue weighted by Gasteiger charge is -2.20. The number of nitrogens with one attached hydrogen (secondary N) is 1. The molecule has 1 aliphatic heterocycles. The van der Waals surface area contributed by atoms with E-state index in [1.165, 1.54) is 0 Å². The fourth-order valence-electron chi connectivity index (χ4n) is 4.08. The molecule has 0 radical (unpaired) electrons. The molecule has 0 atom stereocenters. The van der Waals surface area contributed by atoms with Crippen LogP contribution >= 0.6 is 15.9 Å². The van der Waals surface area contributed by atoms with Crippen molar-refractivity contribution < 1.29 is 0 Å². The van der Waals surface area contributed by atoms with Crippen molar-refractivity contribution in [2.45, 2.75) is 25.8 Å². The lowest BCUT2D eigenvalue weighted by molar-refractivity contribution is 0.997. The second kappa shape index (κ2) is 8.12. The summed E-state index contributed by atoms with van der Waals surface area (Å²) in [6.45, 7) is 2.01. The molecule has 0 unspecified atom stereocenters. The number of hydrogen-bond donors (Lipinski definition) is 1. The van der Waals surface area contributed by atoms with Crippen LogP contribution in [0.15, 0.2) is 88.5 Å². The number of aryl methyl sites for hydroxylation is 1. The summed E-state index contributed by atoms with van der Waals surface area (Å²) in [6.07, 6.45) is 4.10. The quantitative estimate of drug-likeness (QED) is 0.293. The maximum absolute atomic E-state index is 5.04. The maximum Gasteiger partial charge on any atom is 0.0900 e. The summed E-state index contributed by atoms with van der Waals surface area (Å²) in [5, 5.41) is 4.52. The molecule has 1 fully saturated rings. The van der Waals surface area contributed by atoms with E-state index >= 15 is 0 Å². The van der Waals surface area contributed by atoms with Gasteiger partial charge in [0.25, 0.3) is 0 Å². The summed E-state index contributed by atoms with van der Waals surface area (Å²) >= 11 is 3.56. The Labute approximate surface area is 200 Å². The normalized spacial score (nSPS) is 14.2. The first-order chi connectivity index (χ1) is 16.2. The molecule has 162 valence electrons. The summed E-state index contributed by atoms with van der Waals surface area (Å²) < 4.78 is 3.33. The Hall–Kier alpha value is -3.51. The SMILES string of the molecule is Cc1ncccc1Nc1cc2nc3ccccc3n(-c3ccc(Br)cc3)c-2c/c1=N\C1CC1. The number of nitrogens with zero attached hydrogens (tertiary/aromatic N) is 4. The monoisotopic (exact) mass is 495 g/mol. The van der Waals surface area contributed by atoms with Gasteiger partial charge in [0.15, 0.2) is 0 Å². The molecule has 6 rings (SSSR count). The highest BCUT2D eigenvalue weighted by Crippen LogP contribution is 2.31. The third-order valence-corrected chi connectivity index (χ3v) is 6.46. The van der Waals surface area contributed by atoms with Gasteiger partial charge in [0, 0.05) is 16.4 Å². The van der Waals surface area contributed by atoms with E-state index in [1.54, 1.807) is 0 Å². The second-order valence-electron chi connectivity index (χ2n) is 8.39. The molecule has 1 saturated carbocycles. The molecule has 2 aromatic carbocycles. The standard InChI is InChI=1S/C27H22BrN5/c1-17-21(6-4-14-29-17)31-23-15-25-27(16-24(23)30-19-10-11-19)33(20-12-8-18(28)9-13-20)26-7-3-2-5-22(26)32-25/h2-9,12-16,19,31H,10-11H2,1H3/b30-24+. The molecule has 0 bridgehead atoms. The smallest absolute Gasteiger partial charge is 0.0900 e. The first-order valence-electron chi connectivity index (χ1n) is 11.1. The number of benzene rings is 3. The zero-order valence-corrected chi connectivity index (χ0v) is 19.7. The molecule has 1 aromatic heterocycles. The van der Waals surface area contributed by atoms with Crippen LogP contribution < -0.4 is 10.7 Å². The summed E-state index contributed by atoms with van der Waals surface area (Å²) in [7, 11) is 0. The van der Waals surface area contributed by atoms with Gasteiger partial charge in [0.1, 0.15) is 0 Å². The lowest BCUT2D eigenvalue weighted by Crippen LogP contribution is -2.16. The first-order valence-corrected chi connectivity index (χ1v) is 11.9. The molecule has 6 heteroatoms. The molecule has 2 aliphatic carbocycles. The molecule has 0 amide bonds. The zero-order valence-electron chi connectivity index (χ0n) is 18.2. The van der Waals surface area contributed by atoms with Crippen molar-refractivity contribution >= 4 is 38.3 Å². The van der Waals surface area contributed by atoms with Gasteiger partial charge in [-0.3, -0.25) is 9.98 Å². The van der Waals surface area contributed by atoms with E-state index in [0.29, 0.717) is 6.04 Å². The van der Waals surface area contributed by atoms with Crippen molar-refractivity contribution in [3.63, 3.8) is 0 Å². The Morgan fingerprint density at radius 3 is 2.58 bits per heavy atom. The Balaban J connectivity index is 1.64. The van der Waals surface area contributed by atoms with E-state index < -0.39 is 0 Å². The molecule has 0 saturated heterocycles. The molecule has 0 spiro atoms. The lowest BCUT2D eigenvalue weighted by atomic mass is 10.1. The number of fused-ring (bicyclic) bond motifs is 2. The fraction of sp³-hybridized carbons (Fsp3) is 0.148. The van der Waals surface area contributed by atoms with Gasteiger partial charge in [-0.1, -0.05) is 28.1 Å². The van der Waals surface area contributed by atoms with Crippen LogP contribution in [0.2, 0.25) is 0 Å². The summed E-state index contributed by atoms with van der Waals surface area (Å²) in [5.41, 5.74) is 7.92. The number of hydrogen-bond acceptors (Lipinski definition) is 4. The summed E-state index contributed by atoms with van der Waals surface area (Å²) in [6, 6.07) is 25.3. The highest BCUT2D eigenvalue weighted by molar-refractivity contribution is 9.10. The Morgan fingerprint density at radius 1 is 0.970 bits per heavy atom. The molecular formula is C27H22BrN5. The predicted octanol–water partition coefficient (Wildman–Crippen LogP) is 6.40. The van der Waals surface area contributed by atoms with Gasteiger partial charge in [-0.05, 0) is 80.4 Å². The van der Waals surface area contributed by atoms with Crippen LogP contribution in [-0.2, 0) is 0 Å². The summed E-state index contributed by atoms with van der Waals surface area (Å²) in [4.78, 5) is 14.5. The number of anilines is 2. The highest BCUT2D eigenvalue weighted by Gasteiger charge is 2.22. The van der Waals surface area contributed by atoms with Crippen molar-refractivity contribution in [2.75, 3.05) is 5.32 Å². The topological polar surface area (TPSA) is 55.1 Å². The van der Waals surface area contributed by atoms with Crippen molar-refractivity contribution in [1.29, 1.82) is 0 Å². The molecule has 5 nitrogen and oxygen atoms in total. The van der Waals surface area contributed by atoms with Gasteiger partial charge >= 0.3 is 0 Å². The average molecular weight is 496 g/mol. The minimum absolute atomic E-state index is 0.396. The van der Waals surface area contributed by atoms with Crippen molar-refractivity contribution in [3.8, 4) is 17.1 Å². The van der Waals surface area contributed by atoms with Gasteiger partial charge in [0.05, 0.1) is 50.9 Å². The third-order valence-electron chi connectivity index (χ3n) is 5.93. The highest BCUT2D eigenvalue weighted by atomic mass is 79.9. The molecule has 33 heavy (non-hydrogen) atoms. The largest absolute Gasteiger partial charge is 0.352 e. The van der Waals surface area contributed by atoms with Crippen molar-refractivity contribution in [1.82, 2.24) is 14.5 Å². The van der Waals surface area contributed by atoms with E-state index in [1.807, 2.05) is 31.3 Å². The van der Waals surface area contributed by atoms with Crippen LogP contribution in [0, 0.1) is 6.92 Å². The number of para-hydroxylation sites is 2. The number of halogens is 1. The third kappa shape index (κ3) is 3.91. The van der Waals surface area contributed by atoms with E-state index in [0.717, 1.165) is 67.8 Å². The number of aromatic nitrogens is 3. The average Bonchev–Trinajstić information content (AvgIpc) is 3.64. The van der Waals surface area contributed by atoms with Crippen molar-refractivity contribution in [3.05, 3.63) is 94.5 Å².